The molecule has 0 aliphatic heterocycles. The molecule has 0 aliphatic rings. The van der Waals surface area contributed by atoms with Crippen LogP contribution in [0.4, 0.5) is 17.6 Å². The fraction of sp³-hybridized carbons (Fsp3) is 0.143. The van der Waals surface area contributed by atoms with Crippen molar-refractivity contribution in [2.24, 2.45) is 0 Å². The van der Waals surface area contributed by atoms with Crippen LogP contribution in [0.25, 0.3) is 0 Å². The number of aliphatic hydroxyl groups excluding tert-OH is 1. The third kappa shape index (κ3) is 2.33. The van der Waals surface area contributed by atoms with Gasteiger partial charge in [0.1, 0.15) is 29.4 Å². The normalized spacial score (nSPS) is 12.5. The number of hydrogen-bond acceptors (Lipinski definition) is 1. The molecule has 2 aromatic rings. The maximum absolute atomic E-state index is 13.8. The molecule has 0 saturated carbocycles. The van der Waals surface area contributed by atoms with E-state index in [2.05, 4.69) is 0 Å². The molecule has 2 rings (SSSR count). The van der Waals surface area contributed by atoms with Gasteiger partial charge in [-0.3, -0.25) is 0 Å². The van der Waals surface area contributed by atoms with Gasteiger partial charge in [0.15, 0.2) is 0 Å². The van der Waals surface area contributed by atoms with E-state index in [-0.39, 0.29) is 5.56 Å². The number of hydrogen-bond donors (Lipinski definition) is 1. The molecule has 0 amide bonds. The molecular weight excluding hydrogens is 260 g/mol. The summed E-state index contributed by atoms with van der Waals surface area (Å²) in [6.45, 7) is 1.36. The fourth-order valence-electron chi connectivity index (χ4n) is 1.85. The van der Waals surface area contributed by atoms with Crippen molar-refractivity contribution >= 4 is 0 Å². The molecule has 1 unspecified atom stereocenters. The van der Waals surface area contributed by atoms with Gasteiger partial charge in [-0.2, -0.15) is 0 Å². The van der Waals surface area contributed by atoms with E-state index in [0.29, 0.717) is 0 Å². The Labute approximate surface area is 107 Å². The van der Waals surface area contributed by atoms with Crippen molar-refractivity contribution in [1.82, 2.24) is 0 Å². The molecule has 19 heavy (non-hydrogen) atoms. The van der Waals surface area contributed by atoms with E-state index in [1.807, 2.05) is 0 Å². The van der Waals surface area contributed by atoms with E-state index in [1.54, 1.807) is 0 Å². The number of halogens is 4. The standard InChI is InChI=1S/C14H10F4O/c1-7-5-6-10(17)12(13(7)18)14(19)11-8(15)3-2-4-9(11)16/h2-6,14,19H,1H3. The molecule has 0 heterocycles. The maximum atomic E-state index is 13.8. The second kappa shape index (κ2) is 5.01. The Morgan fingerprint density at radius 3 is 1.95 bits per heavy atom. The molecule has 2 aromatic carbocycles. The largest absolute Gasteiger partial charge is 0.383 e. The summed E-state index contributed by atoms with van der Waals surface area (Å²) in [5.74, 6) is -4.20. The Balaban J connectivity index is 2.63. The van der Waals surface area contributed by atoms with Crippen molar-refractivity contribution in [3.63, 3.8) is 0 Å². The average Bonchev–Trinajstić information content (AvgIpc) is 2.34. The summed E-state index contributed by atoms with van der Waals surface area (Å²) >= 11 is 0. The Morgan fingerprint density at radius 2 is 1.37 bits per heavy atom. The predicted molar refractivity (Wildman–Crippen MR) is 61.5 cm³/mol. The van der Waals surface area contributed by atoms with E-state index in [0.717, 1.165) is 24.3 Å². The molecule has 0 saturated heterocycles. The lowest BCUT2D eigenvalue weighted by molar-refractivity contribution is 0.198. The monoisotopic (exact) mass is 270 g/mol. The summed E-state index contributed by atoms with van der Waals surface area (Å²) < 4.78 is 54.4. The average molecular weight is 270 g/mol. The minimum atomic E-state index is -2.04. The quantitative estimate of drug-likeness (QED) is 0.826. The van der Waals surface area contributed by atoms with Crippen molar-refractivity contribution in [1.29, 1.82) is 0 Å². The molecule has 0 fully saturated rings. The molecule has 0 aromatic heterocycles. The van der Waals surface area contributed by atoms with Crippen LogP contribution in [0.2, 0.25) is 0 Å². The van der Waals surface area contributed by atoms with Crippen LogP contribution in [-0.4, -0.2) is 5.11 Å². The smallest absolute Gasteiger partial charge is 0.135 e. The van der Waals surface area contributed by atoms with Gasteiger partial charge in [-0.1, -0.05) is 12.1 Å². The summed E-state index contributed by atoms with van der Waals surface area (Å²) in [4.78, 5) is 0. The Hall–Kier alpha value is -1.88. The van der Waals surface area contributed by atoms with Crippen molar-refractivity contribution in [3.8, 4) is 0 Å². The summed E-state index contributed by atoms with van der Waals surface area (Å²) in [6, 6.07) is 5.04. The van der Waals surface area contributed by atoms with Gasteiger partial charge in [0.2, 0.25) is 0 Å². The van der Waals surface area contributed by atoms with Crippen molar-refractivity contribution < 1.29 is 22.7 Å². The molecule has 5 heteroatoms. The Bertz CT molecular complexity index is 605. The van der Waals surface area contributed by atoms with Crippen molar-refractivity contribution in [2.75, 3.05) is 0 Å². The first-order valence-corrected chi connectivity index (χ1v) is 5.50. The molecule has 1 atom stereocenters. The summed E-state index contributed by atoms with van der Waals surface area (Å²) in [7, 11) is 0. The van der Waals surface area contributed by atoms with Crippen LogP contribution < -0.4 is 0 Å². The molecule has 0 bridgehead atoms. The lowest BCUT2D eigenvalue weighted by Crippen LogP contribution is -2.10. The fourth-order valence-corrected chi connectivity index (χ4v) is 1.85. The highest BCUT2D eigenvalue weighted by Gasteiger charge is 2.26. The van der Waals surface area contributed by atoms with Crippen LogP contribution in [0.3, 0.4) is 0 Å². The third-order valence-corrected chi connectivity index (χ3v) is 2.87. The number of rotatable bonds is 2. The number of aliphatic hydroxyl groups is 1. The zero-order valence-corrected chi connectivity index (χ0v) is 9.92. The Kier molecular flexibility index (Phi) is 3.57. The molecule has 0 spiro atoms. The first kappa shape index (κ1) is 13.5. The van der Waals surface area contributed by atoms with Crippen LogP contribution in [0.5, 0.6) is 0 Å². The summed E-state index contributed by atoms with van der Waals surface area (Å²) in [6.07, 6.45) is -2.04. The third-order valence-electron chi connectivity index (χ3n) is 2.87. The molecular formula is C14H10F4O. The molecule has 0 aliphatic carbocycles. The van der Waals surface area contributed by atoms with E-state index in [9.17, 15) is 22.7 Å². The number of aryl methyl sites for hydroxylation is 1. The van der Waals surface area contributed by atoms with Crippen LogP contribution in [0, 0.1) is 30.2 Å². The second-order valence-electron chi connectivity index (χ2n) is 4.13. The van der Waals surface area contributed by atoms with Gasteiger partial charge in [0.05, 0.1) is 11.1 Å². The van der Waals surface area contributed by atoms with Crippen LogP contribution in [0.15, 0.2) is 30.3 Å². The highest BCUT2D eigenvalue weighted by Crippen LogP contribution is 2.31. The van der Waals surface area contributed by atoms with Gasteiger partial charge in [0, 0.05) is 0 Å². The van der Waals surface area contributed by atoms with Gasteiger partial charge in [0.25, 0.3) is 0 Å². The lowest BCUT2D eigenvalue weighted by atomic mass is 9.97. The van der Waals surface area contributed by atoms with E-state index in [4.69, 9.17) is 0 Å². The predicted octanol–water partition coefficient (Wildman–Crippen LogP) is 3.63. The van der Waals surface area contributed by atoms with Gasteiger partial charge in [-0.15, -0.1) is 0 Å². The topological polar surface area (TPSA) is 20.2 Å². The van der Waals surface area contributed by atoms with Crippen LogP contribution in [0.1, 0.15) is 22.8 Å². The first-order valence-electron chi connectivity index (χ1n) is 5.50. The van der Waals surface area contributed by atoms with E-state index in [1.165, 1.54) is 13.0 Å². The zero-order valence-electron chi connectivity index (χ0n) is 9.92. The molecule has 100 valence electrons. The van der Waals surface area contributed by atoms with E-state index >= 15 is 0 Å². The lowest BCUT2D eigenvalue weighted by Gasteiger charge is -2.15. The Morgan fingerprint density at radius 1 is 0.842 bits per heavy atom. The minimum Gasteiger partial charge on any atom is -0.383 e. The van der Waals surface area contributed by atoms with Gasteiger partial charge in [-0.25, -0.2) is 17.6 Å². The molecule has 1 nitrogen and oxygen atoms in total. The van der Waals surface area contributed by atoms with E-state index < -0.39 is 40.5 Å². The van der Waals surface area contributed by atoms with Crippen LogP contribution in [-0.2, 0) is 0 Å². The van der Waals surface area contributed by atoms with Gasteiger partial charge < -0.3 is 5.11 Å². The SMILES string of the molecule is Cc1ccc(F)c(C(O)c2c(F)cccc2F)c1F. The van der Waals surface area contributed by atoms with Crippen LogP contribution >= 0.6 is 0 Å². The second-order valence-corrected chi connectivity index (χ2v) is 4.13. The van der Waals surface area contributed by atoms with Crippen molar-refractivity contribution in [3.05, 3.63) is 70.3 Å². The highest BCUT2D eigenvalue weighted by molar-refractivity contribution is 5.36. The minimum absolute atomic E-state index is 0.0761. The maximum Gasteiger partial charge on any atom is 0.135 e. The molecule has 1 N–H and O–H groups in total. The van der Waals surface area contributed by atoms with Gasteiger partial charge >= 0.3 is 0 Å². The number of benzene rings is 2. The first-order chi connectivity index (χ1) is 8.93. The van der Waals surface area contributed by atoms with Gasteiger partial charge in [-0.05, 0) is 30.7 Å². The zero-order chi connectivity index (χ0) is 14.2. The summed E-state index contributed by atoms with van der Waals surface area (Å²) in [5, 5.41) is 9.88. The van der Waals surface area contributed by atoms with Crippen molar-refractivity contribution in [2.45, 2.75) is 13.0 Å². The summed E-state index contributed by atoms with van der Waals surface area (Å²) in [5.41, 5.74) is -1.46. The molecule has 0 radical (unpaired) electrons. The highest BCUT2D eigenvalue weighted by atomic mass is 19.1.